The van der Waals surface area contributed by atoms with Gasteiger partial charge in [0.05, 0.1) is 33.5 Å². The van der Waals surface area contributed by atoms with Gasteiger partial charge in [0, 0.05) is 55.2 Å². The fourth-order valence-electron chi connectivity index (χ4n) is 9.65. The third-order valence-electron chi connectivity index (χ3n) is 12.5. The predicted octanol–water partition coefficient (Wildman–Crippen LogP) is 15.3. The molecule has 0 spiro atoms. The van der Waals surface area contributed by atoms with Crippen molar-refractivity contribution in [3.05, 3.63) is 230 Å². The molecule has 296 valence electrons. The van der Waals surface area contributed by atoms with E-state index in [1.165, 1.54) is 32.7 Å². The molecular formula is C59H40N4. The van der Waals surface area contributed by atoms with Crippen LogP contribution in [0, 0.1) is 6.92 Å². The molecule has 0 aliphatic carbocycles. The molecule has 0 amide bonds. The van der Waals surface area contributed by atoms with Crippen molar-refractivity contribution in [2.24, 2.45) is 0 Å². The number of benzene rings is 9. The Bertz CT molecular complexity index is 3680. The molecule has 4 nitrogen and oxygen atoms in total. The van der Waals surface area contributed by atoms with Crippen molar-refractivity contribution in [1.82, 2.24) is 19.1 Å². The molecule has 4 heteroatoms. The first kappa shape index (κ1) is 36.5. The summed E-state index contributed by atoms with van der Waals surface area (Å²) < 4.78 is 4.73. The van der Waals surface area contributed by atoms with Gasteiger partial charge in [0.25, 0.3) is 0 Å². The second-order valence-electron chi connectivity index (χ2n) is 16.2. The topological polar surface area (TPSA) is 35.6 Å². The maximum atomic E-state index is 5.63. The second kappa shape index (κ2) is 15.0. The minimum absolute atomic E-state index is 0.675. The number of hydrogen-bond donors (Lipinski definition) is 0. The first-order chi connectivity index (χ1) is 31.2. The zero-order valence-corrected chi connectivity index (χ0v) is 34.7. The molecule has 3 aromatic heterocycles. The fourth-order valence-corrected chi connectivity index (χ4v) is 9.65. The van der Waals surface area contributed by atoms with Crippen LogP contribution in [-0.2, 0) is 0 Å². The van der Waals surface area contributed by atoms with Crippen LogP contribution < -0.4 is 0 Å². The molecular weight excluding hydrogens is 765 g/mol. The monoisotopic (exact) mass is 804 g/mol. The van der Waals surface area contributed by atoms with E-state index in [0.29, 0.717) is 5.82 Å². The van der Waals surface area contributed by atoms with Gasteiger partial charge < -0.3 is 9.13 Å². The normalized spacial score (nSPS) is 11.6. The standard InChI is InChI=1S/C59H40N4/c1-39-57(49-29-12-11-27-46(49)42-22-17-21-41(37-42)40-19-5-2-6-20-40)60-59(43-35-36-48-47-28-13-15-32-52(47)63(55(48)38-43)45-25-9-4-10-26-45)61-58(39)51-31-18-34-54-56(51)50-30-14-16-33-53(50)62(54)44-23-7-3-8-24-44/h2-38H,1H3. The van der Waals surface area contributed by atoms with E-state index in [1.54, 1.807) is 0 Å². The van der Waals surface area contributed by atoms with E-state index < -0.39 is 0 Å². The minimum Gasteiger partial charge on any atom is -0.309 e. The van der Waals surface area contributed by atoms with Gasteiger partial charge in [-0.15, -0.1) is 0 Å². The second-order valence-corrected chi connectivity index (χ2v) is 16.2. The van der Waals surface area contributed by atoms with E-state index >= 15 is 0 Å². The van der Waals surface area contributed by atoms with Gasteiger partial charge in [-0.05, 0) is 83.8 Å². The van der Waals surface area contributed by atoms with Crippen LogP contribution in [0.1, 0.15) is 5.56 Å². The SMILES string of the molecule is Cc1c(-c2ccccc2-c2cccc(-c3ccccc3)c2)nc(-c2ccc3c4ccccc4n(-c4ccccc4)c3c2)nc1-c1cccc2c1c1ccccc1n2-c1ccccc1. The number of hydrogen-bond acceptors (Lipinski definition) is 2. The van der Waals surface area contributed by atoms with E-state index in [2.05, 4.69) is 241 Å². The van der Waals surface area contributed by atoms with Gasteiger partial charge in [0.15, 0.2) is 5.82 Å². The molecule has 0 fully saturated rings. The maximum Gasteiger partial charge on any atom is 0.160 e. The summed E-state index contributed by atoms with van der Waals surface area (Å²) in [5.41, 5.74) is 17.3. The summed E-state index contributed by atoms with van der Waals surface area (Å²) >= 11 is 0. The summed E-state index contributed by atoms with van der Waals surface area (Å²) in [6.07, 6.45) is 0. The highest BCUT2D eigenvalue weighted by Gasteiger charge is 2.23. The third-order valence-corrected chi connectivity index (χ3v) is 12.5. The van der Waals surface area contributed by atoms with Crippen molar-refractivity contribution in [3.8, 4) is 67.5 Å². The number of fused-ring (bicyclic) bond motifs is 6. The van der Waals surface area contributed by atoms with Crippen LogP contribution in [0.3, 0.4) is 0 Å². The molecule has 12 aromatic rings. The molecule has 0 atom stereocenters. The van der Waals surface area contributed by atoms with E-state index in [1.807, 2.05) is 0 Å². The van der Waals surface area contributed by atoms with Crippen LogP contribution in [0.25, 0.3) is 111 Å². The maximum absolute atomic E-state index is 5.63. The summed E-state index contributed by atoms with van der Waals surface area (Å²) in [6, 6.07) is 80.1. The summed E-state index contributed by atoms with van der Waals surface area (Å²) in [7, 11) is 0. The molecule has 0 unspecified atom stereocenters. The van der Waals surface area contributed by atoms with Gasteiger partial charge in [0.1, 0.15) is 0 Å². The molecule has 0 radical (unpaired) electrons. The largest absolute Gasteiger partial charge is 0.309 e. The van der Waals surface area contributed by atoms with Gasteiger partial charge in [-0.3, -0.25) is 0 Å². The molecule has 0 bridgehead atoms. The summed E-state index contributed by atoms with van der Waals surface area (Å²) in [5.74, 6) is 0.675. The van der Waals surface area contributed by atoms with Crippen LogP contribution in [0.5, 0.6) is 0 Å². The lowest BCUT2D eigenvalue weighted by atomic mass is 9.91. The molecule has 3 heterocycles. The Morgan fingerprint density at radius 3 is 1.54 bits per heavy atom. The number of nitrogens with zero attached hydrogens (tertiary/aromatic N) is 4. The molecule has 63 heavy (non-hydrogen) atoms. The third kappa shape index (κ3) is 6.07. The Balaban J connectivity index is 1.14. The molecule has 0 aliphatic heterocycles. The lowest BCUT2D eigenvalue weighted by molar-refractivity contribution is 1.14. The Morgan fingerprint density at radius 1 is 0.317 bits per heavy atom. The average Bonchev–Trinajstić information content (AvgIpc) is 3.88. The number of para-hydroxylation sites is 4. The summed E-state index contributed by atoms with van der Waals surface area (Å²) in [5, 5.41) is 4.74. The lowest BCUT2D eigenvalue weighted by Crippen LogP contribution is -2.02. The molecule has 12 rings (SSSR count). The van der Waals surface area contributed by atoms with Crippen LogP contribution >= 0.6 is 0 Å². The number of aromatic nitrogens is 4. The van der Waals surface area contributed by atoms with Crippen LogP contribution in [0.15, 0.2) is 224 Å². The van der Waals surface area contributed by atoms with E-state index in [-0.39, 0.29) is 0 Å². The van der Waals surface area contributed by atoms with Crippen molar-refractivity contribution in [1.29, 1.82) is 0 Å². The Kier molecular flexibility index (Phi) is 8.68. The van der Waals surface area contributed by atoms with Crippen molar-refractivity contribution in [2.75, 3.05) is 0 Å². The number of rotatable bonds is 7. The van der Waals surface area contributed by atoms with E-state index in [4.69, 9.17) is 9.97 Å². The van der Waals surface area contributed by atoms with Crippen molar-refractivity contribution in [3.63, 3.8) is 0 Å². The first-order valence-corrected chi connectivity index (χ1v) is 21.5. The van der Waals surface area contributed by atoms with E-state index in [9.17, 15) is 0 Å². The van der Waals surface area contributed by atoms with Crippen molar-refractivity contribution >= 4 is 43.6 Å². The van der Waals surface area contributed by atoms with Crippen LogP contribution in [-0.4, -0.2) is 19.1 Å². The Labute approximate surface area is 365 Å². The highest BCUT2D eigenvalue weighted by atomic mass is 15.0. The zero-order chi connectivity index (χ0) is 41.9. The van der Waals surface area contributed by atoms with Crippen LogP contribution in [0.2, 0.25) is 0 Å². The molecule has 0 saturated carbocycles. The van der Waals surface area contributed by atoms with Gasteiger partial charge in [-0.25, -0.2) is 9.97 Å². The Morgan fingerprint density at radius 2 is 0.810 bits per heavy atom. The molecule has 9 aromatic carbocycles. The smallest absolute Gasteiger partial charge is 0.160 e. The highest BCUT2D eigenvalue weighted by Crippen LogP contribution is 2.43. The van der Waals surface area contributed by atoms with Gasteiger partial charge in [-0.2, -0.15) is 0 Å². The van der Waals surface area contributed by atoms with Crippen LogP contribution in [0.4, 0.5) is 0 Å². The zero-order valence-electron chi connectivity index (χ0n) is 34.7. The van der Waals surface area contributed by atoms with Gasteiger partial charge in [0.2, 0.25) is 0 Å². The van der Waals surface area contributed by atoms with Gasteiger partial charge in [-0.1, -0.05) is 170 Å². The van der Waals surface area contributed by atoms with Crippen molar-refractivity contribution < 1.29 is 0 Å². The fraction of sp³-hybridized carbons (Fsp3) is 0.0169. The highest BCUT2D eigenvalue weighted by molar-refractivity contribution is 6.16. The molecule has 0 N–H and O–H groups in total. The minimum atomic E-state index is 0.675. The van der Waals surface area contributed by atoms with E-state index in [0.717, 1.165) is 78.2 Å². The quantitative estimate of drug-likeness (QED) is 0.161. The lowest BCUT2D eigenvalue weighted by Gasteiger charge is -2.17. The average molecular weight is 805 g/mol. The predicted molar refractivity (Wildman–Crippen MR) is 263 cm³/mol. The molecule has 0 saturated heterocycles. The molecule has 0 aliphatic rings. The van der Waals surface area contributed by atoms with Crippen molar-refractivity contribution in [2.45, 2.75) is 6.92 Å². The summed E-state index contributed by atoms with van der Waals surface area (Å²) in [6.45, 7) is 2.19. The Hall–Kier alpha value is -8.34. The van der Waals surface area contributed by atoms with Gasteiger partial charge >= 0.3 is 0 Å². The first-order valence-electron chi connectivity index (χ1n) is 21.5. The summed E-state index contributed by atoms with van der Waals surface area (Å²) in [4.78, 5) is 11.2.